The van der Waals surface area contributed by atoms with Gasteiger partial charge in [-0.15, -0.1) is 0 Å². The second-order valence-corrected chi connectivity index (χ2v) is 12.5. The molecule has 0 saturated carbocycles. The van der Waals surface area contributed by atoms with Crippen LogP contribution in [-0.2, 0) is 9.59 Å². The number of unbranched alkanes of at least 4 members (excludes halogenated alkanes) is 20. The van der Waals surface area contributed by atoms with E-state index in [0.29, 0.717) is 6.42 Å². The number of aliphatic hydroxyl groups is 2. The van der Waals surface area contributed by atoms with E-state index in [4.69, 9.17) is 5.11 Å². The Morgan fingerprint density at radius 2 is 0.711 bits per heavy atom. The minimum atomic E-state index is -0.928. The molecule has 0 rings (SSSR count). The van der Waals surface area contributed by atoms with Gasteiger partial charge in [-0.1, -0.05) is 155 Å². The number of carboxylic acids is 2. The molecule has 0 aliphatic carbocycles. The molecule has 4 N–H and O–H groups in total. The Kier molecular flexibility index (Phi) is 55.8. The Hall–Kier alpha value is 0.0148. The van der Waals surface area contributed by atoms with Crippen molar-refractivity contribution < 1.29 is 73.2 Å². The Morgan fingerprint density at radius 1 is 0.467 bits per heavy atom. The van der Waals surface area contributed by atoms with Crippen molar-refractivity contribution in [1.29, 1.82) is 0 Å². The molecule has 0 heterocycles. The topological polar surface area (TPSA) is 148 Å². The van der Waals surface area contributed by atoms with Crippen LogP contribution < -0.4 is 42.8 Å². The third kappa shape index (κ3) is 53.8. The van der Waals surface area contributed by atoms with E-state index in [0.717, 1.165) is 77.0 Å². The van der Waals surface area contributed by atoms with Crippen LogP contribution in [-0.4, -0.2) is 44.9 Å². The third-order valence-corrected chi connectivity index (χ3v) is 8.13. The fourth-order valence-corrected chi connectivity index (χ4v) is 5.33. The molecule has 7 nitrogen and oxygen atoms in total. The first-order valence-electron chi connectivity index (χ1n) is 18.1. The van der Waals surface area contributed by atoms with E-state index in [2.05, 4.69) is 13.8 Å². The van der Waals surface area contributed by atoms with Gasteiger partial charge in [-0.3, -0.25) is 4.79 Å². The van der Waals surface area contributed by atoms with Crippen molar-refractivity contribution in [3.05, 3.63) is 0 Å². The van der Waals surface area contributed by atoms with Gasteiger partial charge in [-0.05, 0) is 44.9 Å². The van der Waals surface area contributed by atoms with E-state index in [-0.39, 0.29) is 61.8 Å². The zero-order valence-electron chi connectivity index (χ0n) is 30.4. The van der Waals surface area contributed by atoms with Crippen LogP contribution in [0.4, 0.5) is 0 Å². The largest absolute Gasteiger partial charge is 1.00 e. The Morgan fingerprint density at radius 3 is 0.978 bits per heavy atom. The summed E-state index contributed by atoms with van der Waals surface area (Å²) in [7, 11) is 0. The number of aliphatic carboxylic acids is 2. The van der Waals surface area contributed by atoms with Crippen LogP contribution in [0.3, 0.4) is 0 Å². The monoisotopic (exact) mass is 631 g/mol. The fraction of sp³-hybridized carbons (Fsp3) is 0.944. The summed E-state index contributed by atoms with van der Waals surface area (Å²) in [5, 5.41) is 38.4. The van der Waals surface area contributed by atoms with Crippen LogP contribution in [0, 0.1) is 0 Å². The average Bonchev–Trinajstić information content (AvgIpc) is 2.95. The molecule has 0 radical (unpaired) electrons. The summed E-state index contributed by atoms with van der Waals surface area (Å²) in [4.78, 5) is 20.6. The number of hydrogen-bond donors (Lipinski definition) is 3. The van der Waals surface area contributed by atoms with Gasteiger partial charge in [0.2, 0.25) is 0 Å². The summed E-state index contributed by atoms with van der Waals surface area (Å²) in [6.07, 6.45) is 32.2. The molecule has 0 fully saturated rings. The molecule has 9 heteroatoms. The van der Waals surface area contributed by atoms with Crippen molar-refractivity contribution in [2.75, 3.05) is 0 Å². The molecular weight excluding hydrogens is 558 g/mol. The third-order valence-electron chi connectivity index (χ3n) is 8.13. The van der Waals surface area contributed by atoms with Crippen LogP contribution >= 0.6 is 0 Å². The van der Waals surface area contributed by atoms with Gasteiger partial charge in [0.25, 0.3) is 0 Å². The van der Waals surface area contributed by atoms with Crippen LogP contribution in [0.2, 0.25) is 0 Å². The van der Waals surface area contributed by atoms with Crippen molar-refractivity contribution in [3.63, 3.8) is 0 Å². The van der Waals surface area contributed by atoms with Crippen LogP contribution in [0.25, 0.3) is 0 Å². The van der Waals surface area contributed by atoms with E-state index in [1.807, 2.05) is 0 Å². The number of carbonyl (C=O) groups is 2. The second-order valence-electron chi connectivity index (χ2n) is 12.5. The summed E-state index contributed by atoms with van der Waals surface area (Å²) >= 11 is 0. The van der Waals surface area contributed by atoms with Crippen molar-refractivity contribution in [3.8, 4) is 0 Å². The van der Waals surface area contributed by atoms with Gasteiger partial charge in [-0.25, -0.2) is 0 Å². The minimum Gasteiger partial charge on any atom is -0.870 e. The summed E-state index contributed by atoms with van der Waals surface area (Å²) in [5.41, 5.74) is 0. The van der Waals surface area contributed by atoms with Gasteiger partial charge in [0.1, 0.15) is 0 Å². The molecule has 45 heavy (non-hydrogen) atoms. The van der Waals surface area contributed by atoms with Gasteiger partial charge >= 0.3 is 43.7 Å². The normalized spacial score (nSPS) is 11.6. The Labute approximate surface area is 302 Å². The van der Waals surface area contributed by atoms with E-state index < -0.39 is 11.9 Å². The van der Waals surface area contributed by atoms with E-state index >= 15 is 0 Å². The first kappa shape index (κ1) is 54.5. The molecular formula is C36H72Li2O7. The van der Waals surface area contributed by atoms with Crippen molar-refractivity contribution in [2.45, 2.75) is 219 Å². The fourth-order valence-electron chi connectivity index (χ4n) is 5.33. The molecule has 0 aromatic heterocycles. The van der Waals surface area contributed by atoms with Crippen molar-refractivity contribution >= 4 is 11.9 Å². The first-order valence-corrected chi connectivity index (χ1v) is 18.1. The van der Waals surface area contributed by atoms with Gasteiger partial charge in [0.15, 0.2) is 0 Å². The van der Waals surface area contributed by atoms with Crippen molar-refractivity contribution in [1.82, 2.24) is 0 Å². The molecule has 2 atom stereocenters. The quantitative estimate of drug-likeness (QED) is 0.0764. The average molecular weight is 631 g/mol. The molecule has 0 aromatic carbocycles. The molecule has 0 aliphatic rings. The van der Waals surface area contributed by atoms with Gasteiger partial charge < -0.3 is 30.7 Å². The zero-order valence-corrected chi connectivity index (χ0v) is 30.4. The minimum absolute atomic E-state index is 0. The standard InChI is InChI=1S/2C18H36O3.2Li.H2O/c2*1-2-3-4-11-14-17(19)15-12-9-7-5-6-8-10-13-16-18(20)21;;;/h2*17,19H,2-16H2,1H3,(H,20,21);;;1H2/q;;2*+1;/p-2. The van der Waals surface area contributed by atoms with Gasteiger partial charge in [0.05, 0.1) is 12.2 Å². The Balaban J connectivity index is -0.000000222. The van der Waals surface area contributed by atoms with E-state index in [1.54, 1.807) is 0 Å². The molecule has 260 valence electrons. The number of hydrogen-bond acceptors (Lipinski definition) is 6. The molecule has 0 aromatic rings. The summed E-state index contributed by atoms with van der Waals surface area (Å²) in [6.45, 7) is 4.42. The van der Waals surface area contributed by atoms with E-state index in [1.165, 1.54) is 103 Å². The molecule has 2 unspecified atom stereocenters. The van der Waals surface area contributed by atoms with Crippen molar-refractivity contribution in [2.24, 2.45) is 0 Å². The van der Waals surface area contributed by atoms with Crippen LogP contribution in [0.5, 0.6) is 0 Å². The van der Waals surface area contributed by atoms with Gasteiger partial charge in [-0.2, -0.15) is 0 Å². The molecule has 0 saturated heterocycles. The predicted octanol–water partition coefficient (Wildman–Crippen LogP) is 3.10. The SMILES string of the molecule is CCCCCCC(O)CCCCCCCCCCC(=O)O.CCCCCCC(O)CCCCCCCCCCC(=O)[O-].[Li+].[Li+].[OH-]. The predicted molar refractivity (Wildman–Crippen MR) is 176 cm³/mol. The summed E-state index contributed by atoms with van der Waals surface area (Å²) < 4.78 is 0. The maximum absolute atomic E-state index is 10.3. The van der Waals surface area contributed by atoms with E-state index in [9.17, 15) is 24.9 Å². The maximum Gasteiger partial charge on any atom is 1.00 e. The zero-order chi connectivity index (χ0) is 31.5. The second kappa shape index (κ2) is 46.1. The number of rotatable bonds is 32. The number of carbonyl (C=O) groups excluding carboxylic acids is 1. The molecule has 0 amide bonds. The maximum atomic E-state index is 10.3. The molecule has 0 aliphatic heterocycles. The van der Waals surface area contributed by atoms with Gasteiger partial charge in [0, 0.05) is 12.4 Å². The molecule has 0 bridgehead atoms. The van der Waals surface area contributed by atoms with Crippen LogP contribution in [0.15, 0.2) is 0 Å². The number of aliphatic hydroxyl groups excluding tert-OH is 2. The smallest absolute Gasteiger partial charge is 0.870 e. The Bertz CT molecular complexity index is 520. The summed E-state index contributed by atoms with van der Waals surface area (Å²) in [6, 6.07) is 0. The summed E-state index contributed by atoms with van der Waals surface area (Å²) in [5.74, 6) is -1.61. The first-order chi connectivity index (χ1) is 20.3. The van der Waals surface area contributed by atoms with Crippen LogP contribution in [0.1, 0.15) is 206 Å². The molecule has 0 spiro atoms. The number of carboxylic acid groups (broad SMARTS) is 2.